The van der Waals surface area contributed by atoms with Crippen molar-refractivity contribution in [2.75, 3.05) is 12.4 Å². The summed E-state index contributed by atoms with van der Waals surface area (Å²) < 4.78 is 22.1. The minimum absolute atomic E-state index is 0.0714. The van der Waals surface area contributed by atoms with E-state index in [9.17, 15) is 9.18 Å². The number of nitrogens with zero attached hydrogens (tertiary/aromatic N) is 3. The number of rotatable bonds is 6. The second kappa shape index (κ2) is 8.30. The molecule has 1 aromatic carbocycles. The molecule has 0 saturated carbocycles. The molecule has 2 aromatic heterocycles. The summed E-state index contributed by atoms with van der Waals surface area (Å²) in [5.74, 6) is -0.433. The van der Waals surface area contributed by atoms with E-state index in [4.69, 9.17) is 4.74 Å². The summed E-state index contributed by atoms with van der Waals surface area (Å²) in [5.41, 5.74) is 3.05. The van der Waals surface area contributed by atoms with E-state index in [-0.39, 0.29) is 17.4 Å². The second-order valence-electron chi connectivity index (χ2n) is 6.86. The molecule has 4 rings (SSSR count). The molecule has 0 atom stereocenters. The van der Waals surface area contributed by atoms with Crippen LogP contribution >= 0.6 is 0 Å². The lowest BCUT2D eigenvalue weighted by Crippen LogP contribution is -2.18. The van der Waals surface area contributed by atoms with Crippen molar-refractivity contribution in [2.45, 2.75) is 32.4 Å². The molecule has 150 valence electrons. The van der Waals surface area contributed by atoms with Crippen molar-refractivity contribution < 1.29 is 13.9 Å². The van der Waals surface area contributed by atoms with Crippen LogP contribution in [0.25, 0.3) is 0 Å². The third kappa shape index (κ3) is 4.37. The van der Waals surface area contributed by atoms with Gasteiger partial charge in [-0.1, -0.05) is 0 Å². The average molecular weight is 395 g/mol. The van der Waals surface area contributed by atoms with Gasteiger partial charge in [0.25, 0.3) is 5.91 Å². The Labute approximate surface area is 167 Å². The van der Waals surface area contributed by atoms with Gasteiger partial charge < -0.3 is 15.4 Å². The molecule has 1 aliphatic heterocycles. The zero-order valence-electron chi connectivity index (χ0n) is 16.1. The highest BCUT2D eigenvalue weighted by Crippen LogP contribution is 2.27. The Kier molecular flexibility index (Phi) is 5.41. The molecule has 29 heavy (non-hydrogen) atoms. The fourth-order valence-corrected chi connectivity index (χ4v) is 3.30. The molecular weight excluding hydrogens is 373 g/mol. The third-order valence-corrected chi connectivity index (χ3v) is 4.79. The Balaban J connectivity index is 1.41. The van der Waals surface area contributed by atoms with Crippen LogP contribution in [0.3, 0.4) is 0 Å². The maximum atomic E-state index is 14.5. The van der Waals surface area contributed by atoms with Crippen molar-refractivity contribution in [3.05, 3.63) is 65.5 Å². The molecule has 0 spiro atoms. The lowest BCUT2D eigenvalue weighted by molar-refractivity contribution is 0.0958. The molecule has 1 amide bonds. The SMILES string of the molecule is CNC(=O)c1cc(Oc2ccc(NCc3cc4n(n3)CCCC4)cc2F)ccn1. The summed E-state index contributed by atoms with van der Waals surface area (Å²) in [4.78, 5) is 15.6. The van der Waals surface area contributed by atoms with Crippen LogP contribution in [0, 0.1) is 5.82 Å². The van der Waals surface area contributed by atoms with Crippen molar-refractivity contribution in [3.8, 4) is 11.5 Å². The first-order valence-electron chi connectivity index (χ1n) is 9.57. The zero-order chi connectivity index (χ0) is 20.2. The Morgan fingerprint density at radius 1 is 1.24 bits per heavy atom. The molecule has 7 nitrogen and oxygen atoms in total. The monoisotopic (exact) mass is 395 g/mol. The number of carbonyl (C=O) groups is 1. The van der Waals surface area contributed by atoms with Gasteiger partial charge in [0.1, 0.15) is 11.4 Å². The summed E-state index contributed by atoms with van der Waals surface area (Å²) in [6, 6.07) is 9.81. The number of ether oxygens (including phenoxy) is 1. The largest absolute Gasteiger partial charge is 0.454 e. The number of hydrogen-bond acceptors (Lipinski definition) is 5. The minimum atomic E-state index is -0.502. The number of pyridine rings is 1. The first-order valence-corrected chi connectivity index (χ1v) is 9.57. The van der Waals surface area contributed by atoms with Gasteiger partial charge >= 0.3 is 0 Å². The van der Waals surface area contributed by atoms with Gasteiger partial charge in [-0.25, -0.2) is 4.39 Å². The van der Waals surface area contributed by atoms with Crippen LogP contribution in [-0.2, 0) is 19.5 Å². The number of fused-ring (bicyclic) bond motifs is 1. The summed E-state index contributed by atoms with van der Waals surface area (Å²) >= 11 is 0. The van der Waals surface area contributed by atoms with Gasteiger partial charge in [0, 0.05) is 43.3 Å². The standard InChI is InChI=1S/C21H22FN5O2/c1-23-21(28)19-12-17(7-8-24-19)29-20-6-5-14(11-18(20)22)25-13-15-10-16-4-2-3-9-27(16)26-15/h5-8,10-12,25H,2-4,9,13H2,1H3,(H,23,28). The number of amides is 1. The molecular formula is C21H22FN5O2. The van der Waals surface area contributed by atoms with Crippen LogP contribution in [0.1, 0.15) is 34.7 Å². The van der Waals surface area contributed by atoms with Crippen LogP contribution in [-0.4, -0.2) is 27.7 Å². The van der Waals surface area contributed by atoms with Crippen LogP contribution in [0.15, 0.2) is 42.6 Å². The van der Waals surface area contributed by atoms with E-state index in [1.807, 2.05) is 0 Å². The number of benzene rings is 1. The van der Waals surface area contributed by atoms with E-state index in [2.05, 4.69) is 31.5 Å². The highest BCUT2D eigenvalue weighted by molar-refractivity contribution is 5.92. The minimum Gasteiger partial charge on any atom is -0.454 e. The topological polar surface area (TPSA) is 81.1 Å². The zero-order valence-corrected chi connectivity index (χ0v) is 16.1. The van der Waals surface area contributed by atoms with E-state index < -0.39 is 5.82 Å². The van der Waals surface area contributed by atoms with Crippen molar-refractivity contribution in [3.63, 3.8) is 0 Å². The normalized spacial score (nSPS) is 12.9. The molecule has 0 aliphatic carbocycles. The number of anilines is 1. The van der Waals surface area contributed by atoms with Gasteiger partial charge in [-0.3, -0.25) is 14.5 Å². The van der Waals surface area contributed by atoms with Gasteiger partial charge in [-0.05, 0) is 43.5 Å². The highest BCUT2D eigenvalue weighted by atomic mass is 19.1. The first kappa shape index (κ1) is 18.9. The van der Waals surface area contributed by atoms with Crippen LogP contribution < -0.4 is 15.4 Å². The van der Waals surface area contributed by atoms with E-state index in [0.717, 1.165) is 25.1 Å². The number of hydrogen-bond donors (Lipinski definition) is 2. The first-order chi connectivity index (χ1) is 14.1. The quantitative estimate of drug-likeness (QED) is 0.668. The molecule has 0 fully saturated rings. The Morgan fingerprint density at radius 3 is 2.93 bits per heavy atom. The summed E-state index contributed by atoms with van der Waals surface area (Å²) in [6.07, 6.45) is 4.87. The van der Waals surface area contributed by atoms with E-state index >= 15 is 0 Å². The van der Waals surface area contributed by atoms with E-state index in [1.54, 1.807) is 18.2 Å². The lowest BCUT2D eigenvalue weighted by Gasteiger charge is -2.11. The summed E-state index contributed by atoms with van der Waals surface area (Å²) in [5, 5.41) is 10.3. The van der Waals surface area contributed by atoms with Crippen molar-refractivity contribution in [1.82, 2.24) is 20.1 Å². The van der Waals surface area contributed by atoms with Crippen molar-refractivity contribution in [1.29, 1.82) is 0 Å². The average Bonchev–Trinajstić information content (AvgIpc) is 3.16. The van der Waals surface area contributed by atoms with Gasteiger partial charge in [0.05, 0.1) is 12.2 Å². The number of carbonyl (C=O) groups excluding carboxylic acids is 1. The van der Waals surface area contributed by atoms with Crippen LogP contribution in [0.5, 0.6) is 11.5 Å². The Hall–Kier alpha value is -3.42. The van der Waals surface area contributed by atoms with Gasteiger partial charge in [-0.2, -0.15) is 5.10 Å². The lowest BCUT2D eigenvalue weighted by atomic mass is 10.1. The predicted octanol–water partition coefficient (Wildman–Crippen LogP) is 3.52. The van der Waals surface area contributed by atoms with Gasteiger partial charge in [0.2, 0.25) is 0 Å². The van der Waals surface area contributed by atoms with E-state index in [0.29, 0.717) is 18.0 Å². The number of halogens is 1. The molecule has 0 unspecified atom stereocenters. The van der Waals surface area contributed by atoms with Crippen molar-refractivity contribution in [2.24, 2.45) is 0 Å². The number of nitrogens with one attached hydrogen (secondary N) is 2. The maximum Gasteiger partial charge on any atom is 0.269 e. The fraction of sp³-hybridized carbons (Fsp3) is 0.286. The second-order valence-corrected chi connectivity index (χ2v) is 6.86. The Bertz CT molecular complexity index is 1010. The molecule has 3 heterocycles. The smallest absolute Gasteiger partial charge is 0.269 e. The van der Waals surface area contributed by atoms with E-state index in [1.165, 1.54) is 37.5 Å². The van der Waals surface area contributed by atoms with Gasteiger partial charge in [-0.15, -0.1) is 0 Å². The van der Waals surface area contributed by atoms with Crippen molar-refractivity contribution >= 4 is 11.6 Å². The third-order valence-electron chi connectivity index (χ3n) is 4.79. The summed E-state index contributed by atoms with van der Waals surface area (Å²) in [6.45, 7) is 1.49. The molecule has 0 bridgehead atoms. The molecule has 2 N–H and O–H groups in total. The van der Waals surface area contributed by atoms with Crippen LogP contribution in [0.2, 0.25) is 0 Å². The maximum absolute atomic E-state index is 14.5. The number of aryl methyl sites for hydroxylation is 2. The molecule has 0 radical (unpaired) electrons. The van der Waals surface area contributed by atoms with Gasteiger partial charge in [0.15, 0.2) is 11.6 Å². The molecule has 8 heteroatoms. The Morgan fingerprint density at radius 2 is 2.14 bits per heavy atom. The fourth-order valence-electron chi connectivity index (χ4n) is 3.30. The molecule has 0 saturated heterocycles. The summed E-state index contributed by atoms with van der Waals surface area (Å²) in [7, 11) is 1.52. The molecule has 3 aromatic rings. The highest BCUT2D eigenvalue weighted by Gasteiger charge is 2.13. The molecule has 1 aliphatic rings. The predicted molar refractivity (Wildman–Crippen MR) is 107 cm³/mol. The van der Waals surface area contributed by atoms with Crippen LogP contribution in [0.4, 0.5) is 10.1 Å². The number of aromatic nitrogens is 3.